The van der Waals surface area contributed by atoms with Gasteiger partial charge in [-0.1, -0.05) is 27.4 Å². The van der Waals surface area contributed by atoms with E-state index in [0.29, 0.717) is 0 Å². The number of ether oxygens (including phenoxy) is 2. The van der Waals surface area contributed by atoms with Crippen molar-refractivity contribution in [2.45, 2.75) is 40.5 Å². The van der Waals surface area contributed by atoms with Crippen LogP contribution in [0.4, 0.5) is 4.79 Å². The van der Waals surface area contributed by atoms with Crippen molar-refractivity contribution in [3.8, 4) is 0 Å². The molecular weight excluding hydrogens is 238 g/mol. The first-order valence-corrected chi connectivity index (χ1v) is 5.59. The van der Waals surface area contributed by atoms with E-state index in [9.17, 15) is 14.7 Å². The predicted molar refractivity (Wildman–Crippen MR) is 65.5 cm³/mol. The van der Waals surface area contributed by atoms with Crippen LogP contribution in [0.2, 0.25) is 0 Å². The van der Waals surface area contributed by atoms with Gasteiger partial charge in [-0.25, -0.2) is 9.59 Å². The molecule has 1 unspecified atom stereocenters. The highest BCUT2D eigenvalue weighted by atomic mass is 16.7. The maximum absolute atomic E-state index is 11.5. The molecule has 0 heterocycles. The number of carbonyl (C=O) groups is 2. The maximum atomic E-state index is 11.5. The van der Waals surface area contributed by atoms with E-state index < -0.39 is 23.4 Å². The Labute approximate surface area is 107 Å². The van der Waals surface area contributed by atoms with Gasteiger partial charge in [0.15, 0.2) is 0 Å². The molecule has 0 aliphatic heterocycles. The summed E-state index contributed by atoms with van der Waals surface area (Å²) in [6.45, 7) is 11.4. The fraction of sp³-hybridized carbons (Fsp3) is 0.667. The van der Waals surface area contributed by atoms with Crippen LogP contribution in [0.3, 0.4) is 0 Å². The molecule has 0 radical (unpaired) electrons. The van der Waals surface area contributed by atoms with Crippen molar-refractivity contribution in [2.75, 3.05) is 6.61 Å². The smallest absolute Gasteiger partial charge is 0.412 e. The van der Waals surface area contributed by atoms with Crippen LogP contribution in [0, 0.1) is 5.41 Å². The van der Waals surface area contributed by atoms with E-state index in [0.717, 1.165) is 0 Å². The monoisotopic (exact) mass is 259 g/mol. The molecule has 0 aromatic rings. The fourth-order valence-electron chi connectivity index (χ4n) is 0.893. The molecule has 0 spiro atoms. The lowest BCUT2D eigenvalue weighted by Gasteiger charge is -2.38. The molecule has 0 aromatic heterocycles. The van der Waals surface area contributed by atoms with E-state index in [1.807, 2.05) is 0 Å². The molecule has 0 saturated heterocycles. The van der Waals surface area contributed by atoms with Crippen LogP contribution >= 0.6 is 0 Å². The highest BCUT2D eigenvalue weighted by molar-refractivity contribution is 5.87. The van der Waals surface area contributed by atoms with Crippen molar-refractivity contribution < 1.29 is 24.2 Å². The second-order valence-electron chi connectivity index (χ2n) is 4.91. The standard InChI is InChI=1S/C12H21NO5/c1-7-17-10(15)13-12(16,11(4,5)6)18-9(14)8(2)3/h16H,2,7H2,1,3-6H3,(H,13,15). The summed E-state index contributed by atoms with van der Waals surface area (Å²) in [6, 6.07) is 0. The number of carbonyl (C=O) groups excluding carboxylic acids is 2. The summed E-state index contributed by atoms with van der Waals surface area (Å²) in [6.07, 6.45) is -0.871. The first-order valence-electron chi connectivity index (χ1n) is 5.59. The van der Waals surface area contributed by atoms with Gasteiger partial charge in [-0.2, -0.15) is 0 Å². The van der Waals surface area contributed by atoms with Gasteiger partial charge >= 0.3 is 18.0 Å². The second-order valence-corrected chi connectivity index (χ2v) is 4.91. The summed E-state index contributed by atoms with van der Waals surface area (Å²) < 4.78 is 9.54. The van der Waals surface area contributed by atoms with Crippen molar-refractivity contribution in [3.63, 3.8) is 0 Å². The Kier molecular flexibility index (Phi) is 5.35. The van der Waals surface area contributed by atoms with E-state index in [4.69, 9.17) is 4.74 Å². The first kappa shape index (κ1) is 16.4. The van der Waals surface area contributed by atoms with E-state index >= 15 is 0 Å². The zero-order chi connectivity index (χ0) is 14.6. The molecule has 0 aromatic carbocycles. The van der Waals surface area contributed by atoms with E-state index in [1.54, 1.807) is 27.7 Å². The molecule has 0 saturated carbocycles. The Morgan fingerprint density at radius 2 is 1.83 bits per heavy atom. The van der Waals surface area contributed by atoms with Gasteiger partial charge in [0.05, 0.1) is 6.61 Å². The largest absolute Gasteiger partial charge is 0.450 e. The van der Waals surface area contributed by atoms with Crippen LogP contribution in [0.1, 0.15) is 34.6 Å². The molecule has 0 aliphatic rings. The van der Waals surface area contributed by atoms with E-state index in [2.05, 4.69) is 16.6 Å². The van der Waals surface area contributed by atoms with Gasteiger partial charge in [0.1, 0.15) is 0 Å². The molecule has 104 valence electrons. The van der Waals surface area contributed by atoms with E-state index in [-0.39, 0.29) is 12.2 Å². The van der Waals surface area contributed by atoms with Gasteiger partial charge in [0, 0.05) is 11.0 Å². The highest BCUT2D eigenvalue weighted by Gasteiger charge is 2.46. The van der Waals surface area contributed by atoms with Crippen molar-refractivity contribution >= 4 is 12.1 Å². The molecule has 0 bridgehead atoms. The minimum atomic E-state index is -2.17. The van der Waals surface area contributed by atoms with Gasteiger partial charge < -0.3 is 14.6 Å². The molecule has 0 fully saturated rings. The number of hydrogen-bond acceptors (Lipinski definition) is 5. The van der Waals surface area contributed by atoms with Crippen molar-refractivity contribution in [1.29, 1.82) is 0 Å². The Bertz CT molecular complexity index is 345. The summed E-state index contributed by atoms with van der Waals surface area (Å²) in [5.41, 5.74) is -0.825. The Morgan fingerprint density at radius 3 is 2.17 bits per heavy atom. The molecule has 0 aliphatic carbocycles. The number of amides is 1. The maximum Gasteiger partial charge on any atom is 0.412 e. The fourth-order valence-corrected chi connectivity index (χ4v) is 0.893. The lowest BCUT2D eigenvalue weighted by molar-refractivity contribution is -0.259. The Morgan fingerprint density at radius 1 is 1.33 bits per heavy atom. The zero-order valence-electron chi connectivity index (χ0n) is 11.5. The van der Waals surface area contributed by atoms with Crippen LogP contribution in [-0.4, -0.2) is 29.7 Å². The third-order valence-electron chi connectivity index (χ3n) is 2.15. The topological polar surface area (TPSA) is 84.9 Å². The third-order valence-corrected chi connectivity index (χ3v) is 2.15. The van der Waals surface area contributed by atoms with Crippen LogP contribution in [0.15, 0.2) is 12.2 Å². The number of hydrogen-bond donors (Lipinski definition) is 2. The minimum Gasteiger partial charge on any atom is -0.450 e. The average molecular weight is 259 g/mol. The SMILES string of the molecule is C=C(C)C(=O)OC(O)(NC(=O)OCC)C(C)(C)C. The van der Waals surface area contributed by atoms with Gasteiger partial charge in [-0.15, -0.1) is 0 Å². The molecule has 18 heavy (non-hydrogen) atoms. The van der Waals surface area contributed by atoms with Crippen LogP contribution < -0.4 is 5.32 Å². The Balaban J connectivity index is 5.02. The lowest BCUT2D eigenvalue weighted by Crippen LogP contribution is -2.60. The first-order chi connectivity index (χ1) is 8.03. The van der Waals surface area contributed by atoms with Gasteiger partial charge in [-0.3, -0.25) is 5.32 Å². The number of nitrogens with one attached hydrogen (secondary N) is 1. The molecule has 1 atom stereocenters. The Hall–Kier alpha value is -1.56. The van der Waals surface area contributed by atoms with Gasteiger partial charge in [-0.05, 0) is 13.8 Å². The van der Waals surface area contributed by atoms with Crippen molar-refractivity contribution in [3.05, 3.63) is 12.2 Å². The molecular formula is C12H21NO5. The zero-order valence-corrected chi connectivity index (χ0v) is 11.5. The number of esters is 1. The molecule has 6 heteroatoms. The van der Waals surface area contributed by atoms with Crippen LogP contribution in [0.25, 0.3) is 0 Å². The van der Waals surface area contributed by atoms with Gasteiger partial charge in [0.25, 0.3) is 0 Å². The lowest BCUT2D eigenvalue weighted by atomic mass is 9.91. The quantitative estimate of drug-likeness (QED) is 0.454. The summed E-state index contributed by atoms with van der Waals surface area (Å²) in [5.74, 6) is -2.97. The number of rotatable bonds is 4. The summed E-state index contributed by atoms with van der Waals surface area (Å²) >= 11 is 0. The number of aliphatic hydroxyl groups is 1. The summed E-state index contributed by atoms with van der Waals surface area (Å²) in [4.78, 5) is 22.8. The molecule has 1 amide bonds. The minimum absolute atomic E-state index is 0.114. The summed E-state index contributed by atoms with van der Waals surface area (Å²) in [7, 11) is 0. The highest BCUT2D eigenvalue weighted by Crippen LogP contribution is 2.30. The van der Waals surface area contributed by atoms with Crippen molar-refractivity contribution in [1.82, 2.24) is 5.32 Å². The second kappa shape index (κ2) is 5.86. The molecule has 0 rings (SSSR count). The van der Waals surface area contributed by atoms with Crippen LogP contribution in [0.5, 0.6) is 0 Å². The van der Waals surface area contributed by atoms with Crippen molar-refractivity contribution in [2.24, 2.45) is 5.41 Å². The average Bonchev–Trinajstić information content (AvgIpc) is 2.15. The van der Waals surface area contributed by atoms with Crippen LogP contribution in [-0.2, 0) is 14.3 Å². The molecule has 6 nitrogen and oxygen atoms in total. The van der Waals surface area contributed by atoms with Gasteiger partial charge in [0.2, 0.25) is 0 Å². The normalized spacial score (nSPS) is 14.3. The van der Waals surface area contributed by atoms with E-state index in [1.165, 1.54) is 6.92 Å². The summed E-state index contributed by atoms with van der Waals surface area (Å²) in [5, 5.41) is 12.4. The molecule has 2 N–H and O–H groups in total. The third kappa shape index (κ3) is 4.37. The predicted octanol–water partition coefficient (Wildman–Crippen LogP) is 1.54. The number of alkyl carbamates (subject to hydrolysis) is 1.